The van der Waals surface area contributed by atoms with Crippen LogP contribution in [0.15, 0.2) is 46.8 Å². The van der Waals surface area contributed by atoms with Gasteiger partial charge in [-0.15, -0.1) is 0 Å². The first-order valence-corrected chi connectivity index (χ1v) is 11.7. The van der Waals surface area contributed by atoms with Gasteiger partial charge in [-0.25, -0.2) is 9.48 Å². The van der Waals surface area contributed by atoms with E-state index in [9.17, 15) is 19.6 Å². The molecule has 0 aliphatic carbocycles. The number of hydrogen-bond acceptors (Lipinski definition) is 5. The van der Waals surface area contributed by atoms with E-state index < -0.39 is 23.5 Å². The van der Waals surface area contributed by atoms with Gasteiger partial charge >= 0.3 is 5.97 Å². The number of esters is 1. The molecule has 9 nitrogen and oxygen atoms in total. The maximum absolute atomic E-state index is 13.0. The molecular formula is C27H31N5O4. The molecule has 3 aromatic rings. The van der Waals surface area contributed by atoms with Crippen molar-refractivity contribution >= 4 is 23.6 Å². The number of aryl methyl sites for hydroxylation is 1. The van der Waals surface area contributed by atoms with E-state index in [-0.39, 0.29) is 11.3 Å². The standard InChI is InChI=1S/C27H31N5O4/c1-7-13-31-17(2)14-21(18(31)3)15-22(16-28)27(35)36-20(5)25(33)29-24-19(4)30(6)32(26(24)34)23-11-9-8-10-12-23/h8-12,14-15,20H,7,13H2,1-6H3,(H,29,33)/b22-15+/t20-/m1/s1. The van der Waals surface area contributed by atoms with Crippen molar-refractivity contribution in [2.75, 3.05) is 5.32 Å². The summed E-state index contributed by atoms with van der Waals surface area (Å²) < 4.78 is 10.5. The molecule has 0 aliphatic rings. The summed E-state index contributed by atoms with van der Waals surface area (Å²) >= 11 is 0. The first kappa shape index (κ1) is 26.3. The average Bonchev–Trinajstić information content (AvgIpc) is 3.24. The lowest BCUT2D eigenvalue weighted by Crippen LogP contribution is -2.32. The van der Waals surface area contributed by atoms with Gasteiger partial charge in [0.1, 0.15) is 17.3 Å². The summed E-state index contributed by atoms with van der Waals surface area (Å²) in [6.07, 6.45) is 1.20. The number of benzene rings is 1. The molecule has 0 bridgehead atoms. The van der Waals surface area contributed by atoms with Crippen LogP contribution in [-0.2, 0) is 27.9 Å². The van der Waals surface area contributed by atoms with E-state index >= 15 is 0 Å². The molecule has 1 atom stereocenters. The Kier molecular flexibility index (Phi) is 8.00. The highest BCUT2D eigenvalue weighted by Crippen LogP contribution is 2.20. The first-order chi connectivity index (χ1) is 17.1. The van der Waals surface area contributed by atoms with Crippen molar-refractivity contribution < 1.29 is 14.3 Å². The van der Waals surface area contributed by atoms with E-state index in [0.29, 0.717) is 11.4 Å². The zero-order chi connectivity index (χ0) is 26.6. The minimum Gasteiger partial charge on any atom is -0.448 e. The van der Waals surface area contributed by atoms with Gasteiger partial charge in [-0.2, -0.15) is 5.26 Å². The quantitative estimate of drug-likeness (QED) is 0.294. The molecular weight excluding hydrogens is 458 g/mol. The van der Waals surface area contributed by atoms with Gasteiger partial charge in [0.05, 0.1) is 11.4 Å². The lowest BCUT2D eigenvalue weighted by atomic mass is 10.1. The van der Waals surface area contributed by atoms with Crippen LogP contribution in [0.2, 0.25) is 0 Å². The summed E-state index contributed by atoms with van der Waals surface area (Å²) in [6, 6.07) is 12.8. The van der Waals surface area contributed by atoms with Crippen molar-refractivity contribution in [2.24, 2.45) is 7.05 Å². The fraction of sp³-hybridized carbons (Fsp3) is 0.333. The molecule has 0 saturated heterocycles. The van der Waals surface area contributed by atoms with Crippen molar-refractivity contribution in [1.29, 1.82) is 5.26 Å². The van der Waals surface area contributed by atoms with Crippen molar-refractivity contribution in [3.63, 3.8) is 0 Å². The second kappa shape index (κ2) is 11.0. The number of ether oxygens (including phenoxy) is 1. The third-order valence-electron chi connectivity index (χ3n) is 6.16. The third kappa shape index (κ3) is 5.18. The van der Waals surface area contributed by atoms with Crippen LogP contribution in [0, 0.1) is 32.1 Å². The van der Waals surface area contributed by atoms with E-state index in [4.69, 9.17) is 4.74 Å². The number of para-hydroxylation sites is 1. The van der Waals surface area contributed by atoms with Crippen molar-refractivity contribution in [3.8, 4) is 11.8 Å². The molecule has 36 heavy (non-hydrogen) atoms. The van der Waals surface area contributed by atoms with Crippen LogP contribution in [0.5, 0.6) is 0 Å². The predicted octanol–water partition coefficient (Wildman–Crippen LogP) is 3.79. The Morgan fingerprint density at radius 2 is 1.83 bits per heavy atom. The maximum atomic E-state index is 13.0. The Morgan fingerprint density at radius 3 is 2.44 bits per heavy atom. The second-order valence-electron chi connectivity index (χ2n) is 8.62. The van der Waals surface area contributed by atoms with Gasteiger partial charge in [0.2, 0.25) is 0 Å². The fourth-order valence-electron chi connectivity index (χ4n) is 4.05. The second-order valence-corrected chi connectivity index (χ2v) is 8.62. The first-order valence-electron chi connectivity index (χ1n) is 11.7. The number of aromatic nitrogens is 3. The van der Waals surface area contributed by atoms with Crippen molar-refractivity contribution in [2.45, 2.75) is 53.7 Å². The molecule has 3 rings (SSSR count). The number of anilines is 1. The highest BCUT2D eigenvalue weighted by Gasteiger charge is 2.24. The van der Waals surface area contributed by atoms with Crippen LogP contribution in [0.4, 0.5) is 5.69 Å². The Hall–Kier alpha value is -4.32. The lowest BCUT2D eigenvalue weighted by molar-refractivity contribution is -0.148. The molecule has 1 amide bonds. The zero-order valence-electron chi connectivity index (χ0n) is 21.5. The molecule has 1 N–H and O–H groups in total. The number of nitriles is 1. The Morgan fingerprint density at radius 1 is 1.17 bits per heavy atom. The summed E-state index contributed by atoms with van der Waals surface area (Å²) in [6.45, 7) is 9.90. The number of carbonyl (C=O) groups is 2. The van der Waals surface area contributed by atoms with Gasteiger partial charge < -0.3 is 14.6 Å². The van der Waals surface area contributed by atoms with Crippen LogP contribution in [-0.4, -0.2) is 31.9 Å². The van der Waals surface area contributed by atoms with Crippen LogP contribution < -0.4 is 10.9 Å². The Balaban J connectivity index is 1.78. The summed E-state index contributed by atoms with van der Waals surface area (Å²) in [4.78, 5) is 38.5. The van der Waals surface area contributed by atoms with Crippen LogP contribution >= 0.6 is 0 Å². The van der Waals surface area contributed by atoms with Gasteiger partial charge in [0.15, 0.2) is 6.10 Å². The molecule has 188 valence electrons. The van der Waals surface area contributed by atoms with Crippen molar-refractivity contribution in [3.05, 3.63) is 75.0 Å². The number of rotatable bonds is 8. The van der Waals surface area contributed by atoms with Crippen LogP contribution in [0.25, 0.3) is 11.8 Å². The zero-order valence-corrected chi connectivity index (χ0v) is 21.5. The minimum absolute atomic E-state index is 0.0914. The molecule has 0 aliphatic heterocycles. The Bertz CT molecular complexity index is 1420. The molecule has 0 radical (unpaired) electrons. The van der Waals surface area contributed by atoms with Crippen molar-refractivity contribution in [1.82, 2.24) is 13.9 Å². The summed E-state index contributed by atoms with van der Waals surface area (Å²) in [7, 11) is 1.71. The predicted molar refractivity (Wildman–Crippen MR) is 138 cm³/mol. The van der Waals surface area contributed by atoms with Gasteiger partial charge in [0.25, 0.3) is 11.5 Å². The summed E-state index contributed by atoms with van der Waals surface area (Å²) in [5.74, 6) is -1.58. The van der Waals surface area contributed by atoms with E-state index in [1.807, 2.05) is 44.2 Å². The van der Waals surface area contributed by atoms with Gasteiger partial charge in [-0.1, -0.05) is 25.1 Å². The SMILES string of the molecule is CCCn1c(C)cc(/C=C(\C#N)C(=O)O[C@H](C)C(=O)Nc2c(C)n(C)n(-c3ccccc3)c2=O)c1C. The normalized spacial score (nSPS) is 12.2. The summed E-state index contributed by atoms with van der Waals surface area (Å²) in [5.41, 5.74) is 3.36. The molecule has 0 spiro atoms. The fourth-order valence-corrected chi connectivity index (χ4v) is 4.05. The summed E-state index contributed by atoms with van der Waals surface area (Å²) in [5, 5.41) is 12.1. The van der Waals surface area contributed by atoms with E-state index in [1.54, 1.807) is 30.8 Å². The number of nitrogens with one attached hydrogen (secondary N) is 1. The van der Waals surface area contributed by atoms with E-state index in [2.05, 4.69) is 16.8 Å². The average molecular weight is 490 g/mol. The topological polar surface area (TPSA) is 111 Å². The molecule has 0 fully saturated rings. The number of amides is 1. The molecule has 2 aromatic heterocycles. The smallest absolute Gasteiger partial charge is 0.349 e. The monoisotopic (exact) mass is 489 g/mol. The van der Waals surface area contributed by atoms with Gasteiger partial charge in [0, 0.05) is 25.0 Å². The molecule has 2 heterocycles. The largest absolute Gasteiger partial charge is 0.448 e. The molecule has 0 unspecified atom stereocenters. The van der Waals surface area contributed by atoms with E-state index in [0.717, 1.165) is 29.9 Å². The molecule has 9 heteroatoms. The number of nitrogens with zero attached hydrogens (tertiary/aromatic N) is 4. The molecule has 0 saturated carbocycles. The maximum Gasteiger partial charge on any atom is 0.349 e. The van der Waals surface area contributed by atoms with Crippen LogP contribution in [0.1, 0.15) is 42.9 Å². The number of hydrogen-bond donors (Lipinski definition) is 1. The van der Waals surface area contributed by atoms with Gasteiger partial charge in [-0.3, -0.25) is 14.3 Å². The van der Waals surface area contributed by atoms with Crippen LogP contribution in [0.3, 0.4) is 0 Å². The lowest BCUT2D eigenvalue weighted by Gasteiger charge is -2.12. The Labute approximate surface area is 210 Å². The minimum atomic E-state index is -1.23. The molecule has 1 aromatic carbocycles. The van der Waals surface area contributed by atoms with E-state index in [1.165, 1.54) is 17.7 Å². The number of carbonyl (C=O) groups excluding carboxylic acids is 2. The highest BCUT2D eigenvalue weighted by molar-refractivity contribution is 6.01. The third-order valence-corrected chi connectivity index (χ3v) is 6.16. The highest BCUT2D eigenvalue weighted by atomic mass is 16.5. The van der Waals surface area contributed by atoms with Gasteiger partial charge in [-0.05, 0) is 64.0 Å².